The molecule has 0 heterocycles. The number of hydrogen-bond donors (Lipinski definition) is 0. The molecule has 0 saturated heterocycles. The molecular formula is C27H30N6O4. The van der Waals surface area contributed by atoms with Crippen LogP contribution in [0, 0.1) is 24.0 Å². The van der Waals surface area contributed by atoms with Gasteiger partial charge in [0.2, 0.25) is 0 Å². The van der Waals surface area contributed by atoms with Crippen LogP contribution >= 0.6 is 0 Å². The highest BCUT2D eigenvalue weighted by molar-refractivity contribution is 5.75. The highest BCUT2D eigenvalue weighted by Gasteiger charge is 2.14. The lowest BCUT2D eigenvalue weighted by atomic mass is 10.1. The van der Waals surface area contributed by atoms with E-state index < -0.39 is 4.92 Å². The summed E-state index contributed by atoms with van der Waals surface area (Å²) in [5.74, 6) is 0.643. The number of aryl methyl sites for hydroxylation is 2. The van der Waals surface area contributed by atoms with Crippen molar-refractivity contribution in [1.82, 2.24) is 0 Å². The molecule has 3 aromatic rings. The van der Waals surface area contributed by atoms with Crippen LogP contribution in [0.4, 0.5) is 34.1 Å². The Morgan fingerprint density at radius 1 is 0.946 bits per heavy atom. The third kappa shape index (κ3) is 7.50. The van der Waals surface area contributed by atoms with E-state index in [1.165, 1.54) is 13.2 Å². The van der Waals surface area contributed by atoms with E-state index in [0.29, 0.717) is 29.2 Å². The molecule has 37 heavy (non-hydrogen) atoms. The van der Waals surface area contributed by atoms with Crippen LogP contribution in [0.1, 0.15) is 30.9 Å². The zero-order valence-electron chi connectivity index (χ0n) is 21.6. The number of ether oxygens (including phenoxy) is 1. The first kappa shape index (κ1) is 27.1. The lowest BCUT2D eigenvalue weighted by Crippen LogP contribution is -2.18. The number of hydrogen-bond acceptors (Lipinski definition) is 9. The van der Waals surface area contributed by atoms with Gasteiger partial charge in [0.05, 0.1) is 23.4 Å². The topological polar surface area (TPSA) is 122 Å². The lowest BCUT2D eigenvalue weighted by Gasteiger charge is -2.18. The van der Waals surface area contributed by atoms with E-state index in [0.717, 1.165) is 29.8 Å². The maximum absolute atomic E-state index is 11.3. The van der Waals surface area contributed by atoms with Crippen molar-refractivity contribution < 1.29 is 14.5 Å². The van der Waals surface area contributed by atoms with Gasteiger partial charge >= 0.3 is 0 Å². The molecule has 0 unspecified atom stereocenters. The Labute approximate surface area is 215 Å². The molecule has 0 aliphatic carbocycles. The van der Waals surface area contributed by atoms with E-state index in [9.17, 15) is 14.9 Å². The first-order valence-corrected chi connectivity index (χ1v) is 11.8. The number of carbonyl (C=O) groups is 1. The molecule has 192 valence electrons. The summed E-state index contributed by atoms with van der Waals surface area (Å²) in [7, 11) is 3.51. The molecule has 0 saturated carbocycles. The molecule has 0 N–H and O–H groups in total. The van der Waals surface area contributed by atoms with Gasteiger partial charge in [0, 0.05) is 37.8 Å². The summed E-state index contributed by atoms with van der Waals surface area (Å²) in [5, 5.41) is 28.3. The maximum atomic E-state index is 11.3. The zero-order chi connectivity index (χ0) is 26.9. The van der Waals surface area contributed by atoms with Crippen LogP contribution < -0.4 is 9.64 Å². The van der Waals surface area contributed by atoms with Gasteiger partial charge in [-0.3, -0.25) is 10.1 Å². The largest absolute Gasteiger partial charge is 0.494 e. The van der Waals surface area contributed by atoms with Crippen LogP contribution in [-0.4, -0.2) is 31.4 Å². The molecule has 3 rings (SSSR count). The molecule has 0 radical (unpaired) electrons. The van der Waals surface area contributed by atoms with Crippen molar-refractivity contribution in [2.45, 2.75) is 33.6 Å². The van der Waals surface area contributed by atoms with E-state index in [-0.39, 0.29) is 17.2 Å². The summed E-state index contributed by atoms with van der Waals surface area (Å²) in [6.07, 6.45) is 1.38. The van der Waals surface area contributed by atoms with Crippen molar-refractivity contribution in [2.75, 3.05) is 25.6 Å². The second-order valence-corrected chi connectivity index (χ2v) is 8.70. The lowest BCUT2D eigenvalue weighted by molar-refractivity contribution is -0.384. The Bertz CT molecular complexity index is 1340. The van der Waals surface area contributed by atoms with E-state index in [1.54, 1.807) is 38.1 Å². The minimum absolute atomic E-state index is 0.105. The predicted octanol–water partition coefficient (Wildman–Crippen LogP) is 7.86. The summed E-state index contributed by atoms with van der Waals surface area (Å²) >= 11 is 0. The Balaban J connectivity index is 1.76. The van der Waals surface area contributed by atoms with Crippen LogP contribution in [0.25, 0.3) is 0 Å². The number of Topliss-reactive ketones (excluding diaryl/α,β-unsaturated/α-hetero) is 1. The van der Waals surface area contributed by atoms with Crippen molar-refractivity contribution in [3.63, 3.8) is 0 Å². The number of rotatable bonds is 11. The van der Waals surface area contributed by atoms with Crippen molar-refractivity contribution >= 4 is 39.9 Å². The zero-order valence-corrected chi connectivity index (χ0v) is 21.6. The second-order valence-electron chi connectivity index (χ2n) is 8.70. The number of anilines is 1. The molecule has 0 aliphatic rings. The van der Waals surface area contributed by atoms with Crippen molar-refractivity contribution in [3.05, 3.63) is 75.8 Å². The van der Waals surface area contributed by atoms with Gasteiger partial charge in [-0.05, 0) is 74.7 Å². The van der Waals surface area contributed by atoms with Gasteiger partial charge < -0.3 is 14.4 Å². The molecule has 0 amide bonds. The van der Waals surface area contributed by atoms with Gasteiger partial charge in [-0.15, -0.1) is 15.3 Å². The third-order valence-corrected chi connectivity index (χ3v) is 5.68. The van der Waals surface area contributed by atoms with Crippen LogP contribution in [-0.2, 0) is 4.79 Å². The average Bonchev–Trinajstić information content (AvgIpc) is 2.87. The van der Waals surface area contributed by atoms with Crippen LogP contribution in [0.5, 0.6) is 5.75 Å². The number of methoxy groups -OCH3 is 1. The number of nitro groups is 1. The minimum Gasteiger partial charge on any atom is -0.494 e. The SMILES string of the molecule is COc1cc(N=Nc2ccc(C)cc2[N+](=O)[O-])c(C)cc1N=Nc1ccc(N(C)CCCC(C)=O)cc1. The molecule has 0 fully saturated rings. The maximum Gasteiger partial charge on any atom is 0.296 e. The number of nitrogens with zero attached hydrogens (tertiary/aromatic N) is 6. The van der Waals surface area contributed by atoms with Crippen molar-refractivity contribution in [1.29, 1.82) is 0 Å². The summed E-state index contributed by atoms with van der Waals surface area (Å²) in [6, 6.07) is 15.9. The summed E-state index contributed by atoms with van der Waals surface area (Å²) < 4.78 is 5.47. The normalized spacial score (nSPS) is 11.3. The van der Waals surface area contributed by atoms with Crippen LogP contribution in [0.2, 0.25) is 0 Å². The van der Waals surface area contributed by atoms with E-state index >= 15 is 0 Å². The minimum atomic E-state index is -0.475. The van der Waals surface area contributed by atoms with Crippen LogP contribution in [0.15, 0.2) is 75.1 Å². The van der Waals surface area contributed by atoms with E-state index in [2.05, 4.69) is 25.4 Å². The van der Waals surface area contributed by atoms with Gasteiger partial charge in [-0.2, -0.15) is 5.11 Å². The monoisotopic (exact) mass is 502 g/mol. The smallest absolute Gasteiger partial charge is 0.296 e. The Kier molecular flexibility index (Phi) is 9.15. The number of azo groups is 2. The van der Waals surface area contributed by atoms with Gasteiger partial charge in [0.25, 0.3) is 5.69 Å². The molecule has 0 aliphatic heterocycles. The Hall–Kier alpha value is -4.47. The number of ketones is 1. The molecular weight excluding hydrogens is 472 g/mol. The molecule has 10 heteroatoms. The first-order valence-electron chi connectivity index (χ1n) is 11.8. The van der Waals surface area contributed by atoms with Gasteiger partial charge in [0.15, 0.2) is 5.69 Å². The standard InChI is InChI=1S/C27H30N6O4/c1-18-8-13-23(26(15-18)33(35)36)29-30-24-17-27(37-5)25(16-19(24)2)31-28-21-9-11-22(12-10-21)32(4)14-6-7-20(3)34/h8-13,15-17H,6-7,14H2,1-5H3. The summed E-state index contributed by atoms with van der Waals surface area (Å²) in [4.78, 5) is 24.1. The number of carbonyl (C=O) groups excluding carboxylic acids is 1. The van der Waals surface area contributed by atoms with Crippen molar-refractivity contribution in [3.8, 4) is 5.75 Å². The summed E-state index contributed by atoms with van der Waals surface area (Å²) in [5.41, 5.74) is 4.32. The molecule has 3 aromatic carbocycles. The van der Waals surface area contributed by atoms with Crippen LogP contribution in [0.3, 0.4) is 0 Å². The fourth-order valence-electron chi connectivity index (χ4n) is 3.56. The third-order valence-electron chi connectivity index (χ3n) is 5.68. The van der Waals surface area contributed by atoms with E-state index in [1.807, 2.05) is 38.2 Å². The molecule has 0 bridgehead atoms. The second kappa shape index (κ2) is 12.5. The molecule has 0 aromatic heterocycles. The fourth-order valence-corrected chi connectivity index (χ4v) is 3.56. The number of nitro benzene ring substituents is 1. The number of benzene rings is 3. The Morgan fingerprint density at radius 3 is 2.27 bits per heavy atom. The average molecular weight is 503 g/mol. The predicted molar refractivity (Wildman–Crippen MR) is 144 cm³/mol. The molecule has 0 atom stereocenters. The molecule has 10 nitrogen and oxygen atoms in total. The quantitative estimate of drug-likeness (QED) is 0.150. The van der Waals surface area contributed by atoms with Gasteiger partial charge in [0.1, 0.15) is 17.2 Å². The highest BCUT2D eigenvalue weighted by Crippen LogP contribution is 2.37. The first-order chi connectivity index (χ1) is 17.7. The van der Waals surface area contributed by atoms with E-state index in [4.69, 9.17) is 4.74 Å². The van der Waals surface area contributed by atoms with Crippen molar-refractivity contribution in [2.24, 2.45) is 20.5 Å². The highest BCUT2D eigenvalue weighted by atomic mass is 16.6. The fraction of sp³-hybridized carbons (Fsp3) is 0.296. The van der Waals surface area contributed by atoms with Gasteiger partial charge in [-0.25, -0.2) is 0 Å². The van der Waals surface area contributed by atoms with Gasteiger partial charge in [-0.1, -0.05) is 6.07 Å². The summed E-state index contributed by atoms with van der Waals surface area (Å²) in [6.45, 7) is 6.01. The Morgan fingerprint density at radius 2 is 1.62 bits per heavy atom. The molecule has 0 spiro atoms.